The van der Waals surface area contributed by atoms with E-state index in [0.717, 1.165) is 13.1 Å². The van der Waals surface area contributed by atoms with Crippen LogP contribution >= 0.6 is 11.3 Å². The number of nitrogens with one attached hydrogen (secondary N) is 1. The Morgan fingerprint density at radius 3 is 2.67 bits per heavy atom. The van der Waals surface area contributed by atoms with Crippen LogP contribution in [0.15, 0.2) is 5.51 Å². The summed E-state index contributed by atoms with van der Waals surface area (Å²) in [5.41, 5.74) is 3.56. The second-order valence-corrected chi connectivity index (χ2v) is 6.79. The van der Waals surface area contributed by atoms with Crippen LogP contribution in [0, 0.1) is 18.3 Å². The second kappa shape index (κ2) is 7.25. The molecule has 0 aliphatic heterocycles. The van der Waals surface area contributed by atoms with Crippen molar-refractivity contribution in [1.82, 2.24) is 10.3 Å². The summed E-state index contributed by atoms with van der Waals surface area (Å²) in [6.45, 7) is 13.7. The van der Waals surface area contributed by atoms with Gasteiger partial charge in [-0.15, -0.1) is 11.3 Å². The Kier molecular flexibility index (Phi) is 6.30. The number of thiazole rings is 1. The molecule has 1 heterocycles. The zero-order chi connectivity index (χ0) is 13.6. The van der Waals surface area contributed by atoms with Crippen molar-refractivity contribution in [3.05, 3.63) is 16.1 Å². The average molecular weight is 268 g/mol. The van der Waals surface area contributed by atoms with Crippen LogP contribution in [-0.4, -0.2) is 18.1 Å². The molecule has 0 amide bonds. The van der Waals surface area contributed by atoms with Crippen LogP contribution in [0.1, 0.15) is 51.1 Å². The molecule has 3 heteroatoms. The van der Waals surface area contributed by atoms with E-state index in [0.29, 0.717) is 11.3 Å². The number of hydrogen-bond donors (Lipinski definition) is 1. The van der Waals surface area contributed by atoms with Gasteiger partial charge in [0.15, 0.2) is 0 Å². The van der Waals surface area contributed by atoms with Gasteiger partial charge in [-0.25, -0.2) is 4.98 Å². The second-order valence-electron chi connectivity index (χ2n) is 5.85. The summed E-state index contributed by atoms with van der Waals surface area (Å²) in [5, 5.41) is 3.59. The third-order valence-electron chi connectivity index (χ3n) is 4.12. The zero-order valence-corrected chi connectivity index (χ0v) is 13.4. The Hall–Kier alpha value is -0.410. The first-order chi connectivity index (χ1) is 8.49. The summed E-state index contributed by atoms with van der Waals surface area (Å²) in [6, 6.07) is 0. The molecule has 104 valence electrons. The van der Waals surface area contributed by atoms with E-state index in [2.05, 4.69) is 44.9 Å². The van der Waals surface area contributed by atoms with Crippen molar-refractivity contribution in [3.8, 4) is 0 Å². The third kappa shape index (κ3) is 4.36. The van der Waals surface area contributed by atoms with Crippen molar-refractivity contribution < 1.29 is 0 Å². The minimum atomic E-state index is 0.381. The molecule has 0 aliphatic carbocycles. The normalized spacial score (nSPS) is 15.0. The van der Waals surface area contributed by atoms with Crippen LogP contribution in [0.4, 0.5) is 0 Å². The maximum atomic E-state index is 4.34. The van der Waals surface area contributed by atoms with E-state index in [9.17, 15) is 0 Å². The summed E-state index contributed by atoms with van der Waals surface area (Å²) in [5.74, 6) is 0.704. The van der Waals surface area contributed by atoms with Gasteiger partial charge in [0.1, 0.15) is 0 Å². The molecule has 2 nitrogen and oxygen atoms in total. The van der Waals surface area contributed by atoms with E-state index in [1.807, 2.05) is 5.51 Å². The highest BCUT2D eigenvalue weighted by atomic mass is 32.1. The molecule has 0 radical (unpaired) electrons. The average Bonchev–Trinajstić information content (AvgIpc) is 2.72. The van der Waals surface area contributed by atoms with E-state index in [4.69, 9.17) is 0 Å². The molecular weight excluding hydrogens is 240 g/mol. The SMILES string of the molecule is CCCNCC(C)(CCc1scnc1C)C(C)C. The van der Waals surface area contributed by atoms with Gasteiger partial charge < -0.3 is 5.32 Å². The standard InChI is InChI=1S/C15H28N2S/c1-6-9-16-10-15(5,12(2)3)8-7-14-13(4)17-11-18-14/h11-12,16H,6-10H2,1-5H3. The van der Waals surface area contributed by atoms with Gasteiger partial charge >= 0.3 is 0 Å². The van der Waals surface area contributed by atoms with E-state index >= 15 is 0 Å². The van der Waals surface area contributed by atoms with Crippen molar-refractivity contribution in [3.63, 3.8) is 0 Å². The van der Waals surface area contributed by atoms with Gasteiger partial charge in [0, 0.05) is 11.4 Å². The number of nitrogens with zero attached hydrogens (tertiary/aromatic N) is 1. The highest BCUT2D eigenvalue weighted by molar-refractivity contribution is 7.09. The minimum absolute atomic E-state index is 0.381. The predicted octanol–water partition coefficient (Wildman–Crippen LogP) is 4.05. The molecule has 0 fully saturated rings. The van der Waals surface area contributed by atoms with Gasteiger partial charge in [-0.3, -0.25) is 0 Å². The van der Waals surface area contributed by atoms with Gasteiger partial charge in [-0.05, 0) is 44.1 Å². The first-order valence-electron chi connectivity index (χ1n) is 7.09. The molecule has 1 unspecified atom stereocenters. The molecule has 1 rings (SSSR count). The lowest BCUT2D eigenvalue weighted by Crippen LogP contribution is -2.36. The minimum Gasteiger partial charge on any atom is -0.316 e. The lowest BCUT2D eigenvalue weighted by Gasteiger charge is -2.34. The summed E-state index contributed by atoms with van der Waals surface area (Å²) in [4.78, 5) is 5.80. The van der Waals surface area contributed by atoms with Gasteiger partial charge in [0.2, 0.25) is 0 Å². The molecular formula is C15H28N2S. The Morgan fingerprint density at radius 1 is 1.44 bits per heavy atom. The Morgan fingerprint density at radius 2 is 2.17 bits per heavy atom. The number of rotatable bonds is 8. The van der Waals surface area contributed by atoms with Gasteiger partial charge in [-0.2, -0.15) is 0 Å². The fourth-order valence-corrected chi connectivity index (χ4v) is 2.88. The van der Waals surface area contributed by atoms with Crippen LogP contribution in [0.2, 0.25) is 0 Å². The first-order valence-corrected chi connectivity index (χ1v) is 7.97. The lowest BCUT2D eigenvalue weighted by molar-refractivity contribution is 0.192. The summed E-state index contributed by atoms with van der Waals surface area (Å²) >= 11 is 1.80. The van der Waals surface area contributed by atoms with Gasteiger partial charge in [-0.1, -0.05) is 27.7 Å². The first kappa shape index (κ1) is 15.6. The van der Waals surface area contributed by atoms with Crippen molar-refractivity contribution >= 4 is 11.3 Å². The number of aromatic nitrogens is 1. The van der Waals surface area contributed by atoms with Crippen LogP contribution in [0.3, 0.4) is 0 Å². The summed E-state index contributed by atoms with van der Waals surface area (Å²) in [6.07, 6.45) is 3.62. The molecule has 0 saturated carbocycles. The van der Waals surface area contributed by atoms with Crippen LogP contribution < -0.4 is 5.32 Å². The van der Waals surface area contributed by atoms with E-state index in [1.165, 1.54) is 29.8 Å². The van der Waals surface area contributed by atoms with Gasteiger partial charge in [0.05, 0.1) is 11.2 Å². The topological polar surface area (TPSA) is 24.9 Å². The summed E-state index contributed by atoms with van der Waals surface area (Å²) < 4.78 is 0. The molecule has 18 heavy (non-hydrogen) atoms. The molecule has 1 aromatic rings. The monoisotopic (exact) mass is 268 g/mol. The molecule has 0 bridgehead atoms. The van der Waals surface area contributed by atoms with Crippen molar-refractivity contribution in [2.24, 2.45) is 11.3 Å². The third-order valence-corrected chi connectivity index (χ3v) is 5.11. The Bertz CT molecular complexity index is 346. The fraction of sp³-hybridized carbons (Fsp3) is 0.800. The zero-order valence-electron chi connectivity index (χ0n) is 12.5. The van der Waals surface area contributed by atoms with Crippen molar-refractivity contribution in [1.29, 1.82) is 0 Å². The maximum Gasteiger partial charge on any atom is 0.0797 e. The van der Waals surface area contributed by atoms with Crippen molar-refractivity contribution in [2.45, 2.75) is 53.9 Å². The lowest BCUT2D eigenvalue weighted by atomic mass is 9.75. The molecule has 1 N–H and O–H groups in total. The van der Waals surface area contributed by atoms with Crippen molar-refractivity contribution in [2.75, 3.05) is 13.1 Å². The van der Waals surface area contributed by atoms with E-state index < -0.39 is 0 Å². The largest absolute Gasteiger partial charge is 0.316 e. The number of aryl methyl sites for hydroxylation is 2. The van der Waals surface area contributed by atoms with Crippen LogP contribution in [0.5, 0.6) is 0 Å². The quantitative estimate of drug-likeness (QED) is 0.720. The number of hydrogen-bond acceptors (Lipinski definition) is 3. The predicted molar refractivity (Wildman–Crippen MR) is 81.3 cm³/mol. The van der Waals surface area contributed by atoms with E-state index in [-0.39, 0.29) is 0 Å². The van der Waals surface area contributed by atoms with Crippen LogP contribution in [0.25, 0.3) is 0 Å². The molecule has 0 spiro atoms. The van der Waals surface area contributed by atoms with Crippen LogP contribution in [-0.2, 0) is 6.42 Å². The highest BCUT2D eigenvalue weighted by Gasteiger charge is 2.27. The molecule has 0 aliphatic rings. The highest BCUT2D eigenvalue weighted by Crippen LogP contribution is 2.32. The smallest absolute Gasteiger partial charge is 0.0797 e. The van der Waals surface area contributed by atoms with E-state index in [1.54, 1.807) is 11.3 Å². The maximum absolute atomic E-state index is 4.34. The van der Waals surface area contributed by atoms with Gasteiger partial charge in [0.25, 0.3) is 0 Å². The Balaban J connectivity index is 2.54. The molecule has 1 aromatic heterocycles. The fourth-order valence-electron chi connectivity index (χ4n) is 2.10. The molecule has 1 atom stereocenters. The molecule has 0 saturated heterocycles. The molecule has 0 aromatic carbocycles. The summed E-state index contributed by atoms with van der Waals surface area (Å²) in [7, 11) is 0. The Labute approximate surface area is 116 Å².